The number of carbonyl (C=O) groups is 4. The molecule has 1 aliphatic rings. The van der Waals surface area contributed by atoms with Gasteiger partial charge in [-0.05, 0) is 11.8 Å². The van der Waals surface area contributed by atoms with Crippen molar-refractivity contribution in [1.29, 1.82) is 0 Å². The average molecular weight is 887 g/mol. The molecule has 4 atom stereocenters. The van der Waals surface area contributed by atoms with Crippen LogP contribution in [0.2, 0.25) is 0 Å². The number of nitrogens with one attached hydrogen (secondary N) is 3. The normalized spacial score (nSPS) is 17.4. The summed E-state index contributed by atoms with van der Waals surface area (Å²) in [6, 6.07) is 5.49. The highest BCUT2D eigenvalue weighted by atomic mass is 32.1. The van der Waals surface area contributed by atoms with Gasteiger partial charge < -0.3 is 52.6 Å². The predicted octanol–water partition coefficient (Wildman–Crippen LogP) is 5.11. The molecule has 6 aromatic rings. The molecule has 20 nitrogen and oxygen atoms in total. The molecule has 0 radical (unpaired) electrons. The van der Waals surface area contributed by atoms with E-state index in [1.165, 1.54) is 30.1 Å². The first-order valence-electron chi connectivity index (χ1n) is 20.1. The van der Waals surface area contributed by atoms with Gasteiger partial charge in [0.15, 0.2) is 22.8 Å². The third kappa shape index (κ3) is 10.7. The second-order valence-electron chi connectivity index (χ2n) is 14.7. The molecule has 3 amide bonds. The molecule has 1 aromatic carbocycles. The zero-order chi connectivity index (χ0) is 44.5. The van der Waals surface area contributed by atoms with Gasteiger partial charge in [0, 0.05) is 18.1 Å². The van der Waals surface area contributed by atoms with Gasteiger partial charge >= 0.3 is 5.97 Å². The Bertz CT molecular complexity index is 2490. The number of esters is 1. The van der Waals surface area contributed by atoms with Crippen molar-refractivity contribution in [2.45, 2.75) is 52.2 Å². The van der Waals surface area contributed by atoms with Crippen molar-refractivity contribution in [3.8, 4) is 56.8 Å². The molecular weight excluding hydrogens is 841 g/mol. The van der Waals surface area contributed by atoms with Gasteiger partial charge in [0.1, 0.15) is 66.5 Å². The monoisotopic (exact) mass is 886 g/mol. The fourth-order valence-electron chi connectivity index (χ4n) is 6.24. The van der Waals surface area contributed by atoms with Gasteiger partial charge in [-0.2, -0.15) is 0 Å². The molecule has 21 heteroatoms. The van der Waals surface area contributed by atoms with E-state index in [0.717, 1.165) is 0 Å². The molecule has 10 bridgehead atoms. The number of oxazole rings is 4. The highest BCUT2D eigenvalue weighted by Gasteiger charge is 2.35. The Morgan fingerprint density at radius 3 is 2.21 bits per heavy atom. The maximum Gasteiger partial charge on any atom is 0.332 e. The number of hydrogen-bond acceptors (Lipinski definition) is 18. The summed E-state index contributed by atoms with van der Waals surface area (Å²) in [4.78, 5) is 78.2. The van der Waals surface area contributed by atoms with Crippen LogP contribution in [0.1, 0.15) is 56.5 Å². The van der Waals surface area contributed by atoms with E-state index < -0.39 is 66.9 Å². The summed E-state index contributed by atoms with van der Waals surface area (Å²) in [7, 11) is 1.56. The number of methoxy groups -OCH3 is 1. The van der Waals surface area contributed by atoms with E-state index in [4.69, 9.17) is 36.6 Å². The standard InChI is InChI=1S/C42H46N8O12S/c1-6-23(4)32-36(53)48-31(22(2)3)35(52)43-25(16-58-30(51)20-57-15-14-56-13-12-55-5)38-44-26(17-59-38)39-46-28(19-61-39)42-47-29(21-63-42)40-45-27(18-60-40)41-50-33(37(54)49-32)34(62-41)24-10-8-7-9-11-24/h7-11,17-19,21-23,25,31-32H,6,12-16,20H2,1-5H3,(H,43,52)(H,48,53)(H,49,54)/t23-,25?,31+,32+/m0/s1. The highest BCUT2D eigenvalue weighted by Crippen LogP contribution is 2.34. The minimum absolute atomic E-state index is 0.01000. The Morgan fingerprint density at radius 1 is 0.762 bits per heavy atom. The zero-order valence-electron chi connectivity index (χ0n) is 35.1. The first-order valence-corrected chi connectivity index (χ1v) is 21.0. The van der Waals surface area contributed by atoms with Crippen LogP contribution in [0, 0.1) is 11.8 Å². The van der Waals surface area contributed by atoms with Crippen molar-refractivity contribution >= 4 is 35.0 Å². The number of hydrogen-bond donors (Lipinski definition) is 3. The van der Waals surface area contributed by atoms with Crippen molar-refractivity contribution in [3.63, 3.8) is 0 Å². The summed E-state index contributed by atoms with van der Waals surface area (Å²) in [5.41, 5.74) is 1.57. The predicted molar refractivity (Wildman–Crippen MR) is 222 cm³/mol. The van der Waals surface area contributed by atoms with Crippen molar-refractivity contribution in [1.82, 2.24) is 40.9 Å². The van der Waals surface area contributed by atoms with Crippen LogP contribution in [-0.2, 0) is 33.3 Å². The fraction of sp³-hybridized carbons (Fsp3) is 0.405. The molecule has 1 unspecified atom stereocenters. The second kappa shape index (κ2) is 20.5. The number of amides is 3. The van der Waals surface area contributed by atoms with E-state index in [9.17, 15) is 19.2 Å². The Balaban J connectivity index is 1.22. The first-order chi connectivity index (χ1) is 30.5. The second-order valence-corrected chi connectivity index (χ2v) is 15.6. The SMILES string of the molecule is CC[C@H](C)[C@H]1NC(=O)c2nc(oc2-c2ccccc2)-c2coc(n2)-c2csc(n2)-c2coc(n2)-c2coc(n2)C(COC(=O)COCCOCCOC)NC(=O)[C@@H](C(C)C)NC1=O. The zero-order valence-corrected chi connectivity index (χ0v) is 35.9. The van der Waals surface area contributed by atoms with Gasteiger partial charge in [0.25, 0.3) is 5.91 Å². The Labute approximate surface area is 364 Å². The minimum atomic E-state index is -1.15. The largest absolute Gasteiger partial charge is 0.461 e. The number of carbonyl (C=O) groups excluding carboxylic acids is 4. The number of rotatable bonds is 14. The molecular formula is C42H46N8O12S. The maximum absolute atomic E-state index is 14.2. The third-order valence-electron chi connectivity index (χ3n) is 9.87. The van der Waals surface area contributed by atoms with Crippen molar-refractivity contribution in [3.05, 3.63) is 66.1 Å². The lowest BCUT2D eigenvalue weighted by molar-refractivity contribution is -0.151. The lowest BCUT2D eigenvalue weighted by atomic mass is 9.96. The van der Waals surface area contributed by atoms with E-state index in [0.29, 0.717) is 41.6 Å². The highest BCUT2D eigenvalue weighted by molar-refractivity contribution is 7.13. The van der Waals surface area contributed by atoms with Crippen LogP contribution in [0.25, 0.3) is 56.8 Å². The summed E-state index contributed by atoms with van der Waals surface area (Å²) in [6.45, 7) is 7.51. The molecule has 0 saturated carbocycles. The minimum Gasteiger partial charge on any atom is -0.461 e. The first kappa shape index (κ1) is 44.5. The third-order valence-corrected chi connectivity index (χ3v) is 10.7. The summed E-state index contributed by atoms with van der Waals surface area (Å²) in [6.07, 6.45) is 4.50. The lowest BCUT2D eigenvalue weighted by Crippen LogP contribution is -2.57. The molecule has 6 heterocycles. The summed E-state index contributed by atoms with van der Waals surface area (Å²) in [5.74, 6) is -3.26. The lowest BCUT2D eigenvalue weighted by Gasteiger charge is -2.28. The van der Waals surface area contributed by atoms with Crippen molar-refractivity contribution in [2.75, 3.05) is 46.8 Å². The van der Waals surface area contributed by atoms with E-state index in [1.807, 2.05) is 13.0 Å². The fourth-order valence-corrected chi connectivity index (χ4v) is 6.99. The number of ether oxygens (including phenoxy) is 4. The van der Waals surface area contributed by atoms with Crippen LogP contribution >= 0.6 is 11.3 Å². The summed E-state index contributed by atoms with van der Waals surface area (Å²) < 4.78 is 44.7. The maximum atomic E-state index is 14.2. The average Bonchev–Trinajstić information content (AvgIpc) is 4.14. The summed E-state index contributed by atoms with van der Waals surface area (Å²) >= 11 is 1.26. The van der Waals surface area contributed by atoms with Crippen molar-refractivity contribution in [2.24, 2.45) is 11.8 Å². The van der Waals surface area contributed by atoms with Crippen LogP contribution in [0.15, 0.2) is 72.2 Å². The van der Waals surface area contributed by atoms with E-state index >= 15 is 0 Å². The van der Waals surface area contributed by atoms with Gasteiger partial charge in [-0.1, -0.05) is 64.4 Å². The van der Waals surface area contributed by atoms with Crippen LogP contribution < -0.4 is 16.0 Å². The van der Waals surface area contributed by atoms with Gasteiger partial charge in [-0.3, -0.25) is 14.4 Å². The molecule has 0 saturated heterocycles. The molecule has 5 aromatic heterocycles. The summed E-state index contributed by atoms with van der Waals surface area (Å²) in [5, 5.41) is 10.7. The van der Waals surface area contributed by atoms with Gasteiger partial charge in [-0.15, -0.1) is 11.3 Å². The molecule has 1 aliphatic heterocycles. The quantitative estimate of drug-likeness (QED) is 0.0948. The topological polar surface area (TPSA) is 258 Å². The van der Waals surface area contributed by atoms with E-state index in [1.54, 1.807) is 57.5 Å². The number of thiazole rings is 1. The van der Waals surface area contributed by atoms with Crippen LogP contribution in [0.5, 0.6) is 0 Å². The molecule has 0 aliphatic carbocycles. The van der Waals surface area contributed by atoms with Gasteiger partial charge in [0.2, 0.25) is 35.4 Å². The Hall–Kier alpha value is -6.55. The molecule has 0 spiro atoms. The van der Waals surface area contributed by atoms with E-state index in [-0.39, 0.29) is 59.6 Å². The molecule has 0 fully saturated rings. The molecule has 63 heavy (non-hydrogen) atoms. The van der Waals surface area contributed by atoms with Crippen molar-refractivity contribution < 1.29 is 55.8 Å². The Kier molecular flexibility index (Phi) is 14.5. The molecule has 3 N–H and O–H groups in total. The Morgan fingerprint density at radius 2 is 1.44 bits per heavy atom. The molecule has 7 rings (SSSR count). The van der Waals surface area contributed by atoms with Gasteiger partial charge in [0.05, 0.1) is 26.4 Å². The number of nitrogens with zero attached hydrogens (tertiary/aromatic N) is 5. The van der Waals surface area contributed by atoms with Crippen LogP contribution in [0.4, 0.5) is 0 Å². The smallest absolute Gasteiger partial charge is 0.332 e. The number of aromatic nitrogens is 5. The van der Waals surface area contributed by atoms with Gasteiger partial charge in [-0.25, -0.2) is 29.7 Å². The van der Waals surface area contributed by atoms with E-state index in [2.05, 4.69) is 40.9 Å². The molecule has 332 valence electrons. The van der Waals surface area contributed by atoms with Crippen LogP contribution in [0.3, 0.4) is 0 Å². The number of benzene rings is 1. The van der Waals surface area contributed by atoms with Crippen LogP contribution in [-0.4, -0.2) is 107 Å². The number of fused-ring (bicyclic) bond motifs is 14.